The van der Waals surface area contributed by atoms with Crippen molar-refractivity contribution in [2.75, 3.05) is 30.0 Å². The Morgan fingerprint density at radius 1 is 1.14 bits per heavy atom. The molecule has 198 valence electrons. The van der Waals surface area contributed by atoms with Crippen LogP contribution in [-0.2, 0) is 14.3 Å². The fourth-order valence-electron chi connectivity index (χ4n) is 4.53. The second-order valence-corrected chi connectivity index (χ2v) is 9.13. The summed E-state index contributed by atoms with van der Waals surface area (Å²) >= 11 is 0. The third-order valence-corrected chi connectivity index (χ3v) is 6.41. The maximum Gasteiger partial charge on any atom is 0.306 e. The first-order chi connectivity index (χ1) is 17.3. The van der Waals surface area contributed by atoms with Gasteiger partial charge in [0.05, 0.1) is 19.6 Å². The summed E-state index contributed by atoms with van der Waals surface area (Å²) in [5, 5.41) is 7.62. The summed E-state index contributed by atoms with van der Waals surface area (Å²) in [6.45, 7) is 4.60. The second-order valence-electron chi connectivity index (χ2n) is 9.13. The third-order valence-electron chi connectivity index (χ3n) is 6.41. The summed E-state index contributed by atoms with van der Waals surface area (Å²) in [5.41, 5.74) is 9.98. The quantitative estimate of drug-likeness (QED) is 0.212. The van der Waals surface area contributed by atoms with E-state index in [0.717, 1.165) is 48.2 Å². The van der Waals surface area contributed by atoms with Crippen LogP contribution in [0.3, 0.4) is 0 Å². The number of carbonyl (C=O) groups is 2. The lowest BCUT2D eigenvalue weighted by molar-refractivity contribution is -0.144. The molecule has 37 heavy (non-hydrogen) atoms. The van der Waals surface area contributed by atoms with Gasteiger partial charge in [-0.2, -0.15) is 0 Å². The number of ether oxygens (including phenoxy) is 1. The molecule has 0 aromatic heterocycles. The molecule has 0 heterocycles. The maximum absolute atomic E-state index is 13.2. The van der Waals surface area contributed by atoms with Gasteiger partial charge in [0.2, 0.25) is 5.91 Å². The largest absolute Gasteiger partial charge is 0.466 e. The average molecular weight is 525 g/mol. The maximum atomic E-state index is 13.2. The van der Waals surface area contributed by atoms with E-state index in [1.54, 1.807) is 6.92 Å². The summed E-state index contributed by atoms with van der Waals surface area (Å²) in [6.07, 6.45) is 4.41. The Morgan fingerprint density at radius 3 is 2.51 bits per heavy atom. The summed E-state index contributed by atoms with van der Waals surface area (Å²) < 4.78 is 5.00. The number of anilines is 2. The van der Waals surface area contributed by atoms with Crippen LogP contribution in [0.2, 0.25) is 0 Å². The van der Waals surface area contributed by atoms with Crippen LogP contribution in [0.1, 0.15) is 62.1 Å². The van der Waals surface area contributed by atoms with Gasteiger partial charge in [-0.15, -0.1) is 12.4 Å². The van der Waals surface area contributed by atoms with Gasteiger partial charge in [-0.05, 0) is 62.6 Å². The van der Waals surface area contributed by atoms with E-state index in [1.807, 2.05) is 66.2 Å². The van der Waals surface area contributed by atoms with Gasteiger partial charge in [0.15, 0.2) is 0 Å². The Morgan fingerprint density at radius 2 is 1.86 bits per heavy atom. The predicted molar refractivity (Wildman–Crippen MR) is 152 cm³/mol. The molecule has 2 aromatic carbocycles. The number of amidine groups is 1. The third kappa shape index (κ3) is 8.26. The van der Waals surface area contributed by atoms with Crippen molar-refractivity contribution in [3.8, 4) is 11.8 Å². The SMILES string of the molecule is CCOC(=O)CCC(=O)N(c1ccc(C#CCN(C)c2cccc(C(=N)N)c2)cc1C)C1CCCC1.Cl. The summed E-state index contributed by atoms with van der Waals surface area (Å²) in [6, 6.07) is 13.6. The van der Waals surface area contributed by atoms with Gasteiger partial charge < -0.3 is 20.3 Å². The molecule has 1 amide bonds. The Hall–Kier alpha value is -3.50. The van der Waals surface area contributed by atoms with Gasteiger partial charge in [0, 0.05) is 42.0 Å². The van der Waals surface area contributed by atoms with Crippen molar-refractivity contribution >= 4 is 41.5 Å². The van der Waals surface area contributed by atoms with Gasteiger partial charge in [0.1, 0.15) is 5.84 Å². The molecule has 0 aliphatic heterocycles. The van der Waals surface area contributed by atoms with Crippen molar-refractivity contribution in [2.45, 2.75) is 58.4 Å². The molecular weight excluding hydrogens is 488 g/mol. The number of nitrogen functional groups attached to an aromatic ring is 1. The molecule has 1 aliphatic rings. The highest BCUT2D eigenvalue weighted by Gasteiger charge is 2.29. The van der Waals surface area contributed by atoms with Crippen LogP contribution in [0.4, 0.5) is 11.4 Å². The standard InChI is InChI=1S/C29H36N4O3.ClH/c1-4-36-28(35)17-16-27(34)33(24-11-5-6-12-24)26-15-14-22(19-21(26)2)9-8-18-32(3)25-13-7-10-23(20-25)29(30)31;/h7,10,13-15,19-20,24H,4-6,11-12,16-18H2,1-3H3,(H3,30,31);1H. The molecule has 1 saturated carbocycles. The number of nitrogens with two attached hydrogens (primary N) is 1. The normalized spacial score (nSPS) is 12.6. The van der Waals surface area contributed by atoms with Crippen LogP contribution >= 0.6 is 12.4 Å². The van der Waals surface area contributed by atoms with Gasteiger partial charge in [0.25, 0.3) is 0 Å². The molecule has 8 heteroatoms. The molecule has 1 fully saturated rings. The number of nitrogens with one attached hydrogen (secondary N) is 1. The molecule has 2 aromatic rings. The zero-order valence-corrected chi connectivity index (χ0v) is 22.7. The first kappa shape index (κ1) is 29.7. The van der Waals surface area contributed by atoms with E-state index in [1.165, 1.54) is 0 Å². The summed E-state index contributed by atoms with van der Waals surface area (Å²) in [5.74, 6) is 6.09. The van der Waals surface area contributed by atoms with Crippen molar-refractivity contribution in [1.29, 1.82) is 5.41 Å². The minimum atomic E-state index is -0.336. The second kappa shape index (κ2) is 14.3. The number of halogens is 1. The van der Waals surface area contributed by atoms with Crippen molar-refractivity contribution in [3.05, 3.63) is 59.2 Å². The number of esters is 1. The molecular formula is C29H37ClN4O3. The lowest BCUT2D eigenvalue weighted by Crippen LogP contribution is -2.39. The highest BCUT2D eigenvalue weighted by atomic mass is 35.5. The van der Waals surface area contributed by atoms with Crippen molar-refractivity contribution in [1.82, 2.24) is 0 Å². The molecule has 7 nitrogen and oxygen atoms in total. The van der Waals surface area contributed by atoms with E-state index >= 15 is 0 Å². The van der Waals surface area contributed by atoms with Gasteiger partial charge in [-0.25, -0.2) is 0 Å². The number of amides is 1. The Labute approximate surface area is 226 Å². The van der Waals surface area contributed by atoms with Crippen LogP contribution in [0.5, 0.6) is 0 Å². The number of carbonyl (C=O) groups excluding carboxylic acids is 2. The minimum absolute atomic E-state index is 0. The molecule has 0 spiro atoms. The molecule has 3 rings (SSSR count). The van der Waals surface area contributed by atoms with E-state index < -0.39 is 0 Å². The predicted octanol–water partition coefficient (Wildman–Crippen LogP) is 4.81. The monoisotopic (exact) mass is 524 g/mol. The number of hydrogen-bond acceptors (Lipinski definition) is 5. The van der Waals surface area contributed by atoms with Crippen LogP contribution in [0.25, 0.3) is 0 Å². The summed E-state index contributed by atoms with van der Waals surface area (Å²) in [7, 11) is 1.95. The average Bonchev–Trinajstić information content (AvgIpc) is 3.39. The molecule has 0 bridgehead atoms. The molecule has 0 atom stereocenters. The fourth-order valence-corrected chi connectivity index (χ4v) is 4.53. The van der Waals surface area contributed by atoms with E-state index in [9.17, 15) is 9.59 Å². The Balaban J connectivity index is 0.00000481. The minimum Gasteiger partial charge on any atom is -0.466 e. The molecule has 0 saturated heterocycles. The Kier molecular flexibility index (Phi) is 11.5. The number of aryl methyl sites for hydroxylation is 1. The zero-order chi connectivity index (χ0) is 26.1. The lowest BCUT2D eigenvalue weighted by atomic mass is 10.1. The van der Waals surface area contributed by atoms with Gasteiger partial charge in [-0.3, -0.25) is 15.0 Å². The fraction of sp³-hybridized carbons (Fsp3) is 0.414. The molecule has 3 N–H and O–H groups in total. The van der Waals surface area contributed by atoms with E-state index in [-0.39, 0.29) is 49.0 Å². The number of rotatable bonds is 9. The van der Waals surface area contributed by atoms with Crippen LogP contribution in [-0.4, -0.2) is 44.0 Å². The van der Waals surface area contributed by atoms with Crippen molar-refractivity contribution < 1.29 is 14.3 Å². The first-order valence-corrected chi connectivity index (χ1v) is 12.5. The Bertz CT molecular complexity index is 1170. The summed E-state index contributed by atoms with van der Waals surface area (Å²) in [4.78, 5) is 28.9. The zero-order valence-electron chi connectivity index (χ0n) is 21.9. The van der Waals surface area contributed by atoms with Gasteiger partial charge in [-0.1, -0.05) is 36.8 Å². The smallest absolute Gasteiger partial charge is 0.306 e. The highest BCUT2D eigenvalue weighted by Crippen LogP contribution is 2.31. The van der Waals surface area contributed by atoms with Crippen LogP contribution in [0.15, 0.2) is 42.5 Å². The topological polar surface area (TPSA) is 99.7 Å². The molecule has 0 unspecified atom stereocenters. The number of benzene rings is 2. The van der Waals surface area contributed by atoms with Crippen molar-refractivity contribution in [2.24, 2.45) is 5.73 Å². The van der Waals surface area contributed by atoms with E-state index in [0.29, 0.717) is 18.7 Å². The highest BCUT2D eigenvalue weighted by molar-refractivity contribution is 5.96. The molecule has 1 aliphatic carbocycles. The number of hydrogen-bond donors (Lipinski definition) is 2. The van der Waals surface area contributed by atoms with Crippen LogP contribution < -0.4 is 15.5 Å². The van der Waals surface area contributed by atoms with Gasteiger partial charge >= 0.3 is 5.97 Å². The van der Waals surface area contributed by atoms with E-state index in [4.69, 9.17) is 15.9 Å². The van der Waals surface area contributed by atoms with Crippen molar-refractivity contribution in [3.63, 3.8) is 0 Å². The lowest BCUT2D eigenvalue weighted by Gasteiger charge is -2.30. The first-order valence-electron chi connectivity index (χ1n) is 12.5. The van der Waals surface area contributed by atoms with E-state index in [2.05, 4.69) is 11.8 Å². The molecule has 0 radical (unpaired) electrons. The van der Waals surface area contributed by atoms with Crippen LogP contribution in [0, 0.1) is 24.2 Å². The number of nitrogens with zero attached hydrogens (tertiary/aromatic N) is 2.